The van der Waals surface area contributed by atoms with Gasteiger partial charge in [-0.05, 0) is 37.4 Å². The molecule has 29 heavy (non-hydrogen) atoms. The number of anilines is 1. The molecule has 0 saturated carbocycles. The first kappa shape index (κ1) is 20.9. The molecule has 2 amide bonds. The highest BCUT2D eigenvalue weighted by Gasteiger charge is 2.39. The summed E-state index contributed by atoms with van der Waals surface area (Å²) in [6.07, 6.45) is 0. The Hall–Kier alpha value is -2.84. The van der Waals surface area contributed by atoms with E-state index in [9.17, 15) is 9.59 Å². The molecule has 0 aliphatic carbocycles. The zero-order valence-corrected chi connectivity index (χ0v) is 17.5. The monoisotopic (exact) mass is 416 g/mol. The van der Waals surface area contributed by atoms with E-state index in [1.165, 1.54) is 23.3 Å². The first-order valence-corrected chi connectivity index (χ1v) is 10.3. The summed E-state index contributed by atoms with van der Waals surface area (Å²) in [4.78, 5) is 27.9. The van der Waals surface area contributed by atoms with Crippen LogP contribution in [0.15, 0.2) is 41.4 Å². The number of methoxy groups -OCH3 is 1. The third-order valence-electron chi connectivity index (χ3n) is 4.27. The number of carbonyl (C=O) groups is 2. The fourth-order valence-electron chi connectivity index (χ4n) is 3.00. The van der Waals surface area contributed by atoms with E-state index in [0.29, 0.717) is 36.0 Å². The van der Waals surface area contributed by atoms with Crippen LogP contribution >= 0.6 is 11.3 Å². The molecule has 8 heteroatoms. The molecule has 0 atom stereocenters. The molecule has 1 aliphatic heterocycles. The van der Waals surface area contributed by atoms with Crippen LogP contribution in [0.2, 0.25) is 0 Å². The summed E-state index contributed by atoms with van der Waals surface area (Å²) >= 11 is 1.41. The molecular formula is C21H24N2O5S. The van der Waals surface area contributed by atoms with Gasteiger partial charge in [0.25, 0.3) is 11.8 Å². The molecule has 1 aliphatic rings. The lowest BCUT2D eigenvalue weighted by molar-refractivity contribution is -0.137. The van der Waals surface area contributed by atoms with E-state index in [-0.39, 0.29) is 30.7 Å². The second-order valence-corrected chi connectivity index (χ2v) is 7.08. The Morgan fingerprint density at radius 3 is 2.45 bits per heavy atom. The second-order valence-electron chi connectivity index (χ2n) is 6.13. The Balaban J connectivity index is 1.97. The van der Waals surface area contributed by atoms with Crippen LogP contribution in [0.4, 0.5) is 5.69 Å². The van der Waals surface area contributed by atoms with E-state index in [1.54, 1.807) is 18.2 Å². The third kappa shape index (κ3) is 4.44. The van der Waals surface area contributed by atoms with E-state index < -0.39 is 0 Å². The molecule has 2 heterocycles. The molecule has 1 aromatic carbocycles. The van der Waals surface area contributed by atoms with Crippen LogP contribution in [0.25, 0.3) is 5.57 Å². The number of hydrogen-bond acceptors (Lipinski definition) is 7. The number of imide groups is 1. The average Bonchev–Trinajstić information content (AvgIpc) is 3.30. The molecule has 0 saturated heterocycles. The minimum absolute atomic E-state index is 0.196. The van der Waals surface area contributed by atoms with Gasteiger partial charge in [-0.3, -0.25) is 14.5 Å². The summed E-state index contributed by atoms with van der Waals surface area (Å²) in [7, 11) is 1.53. The van der Waals surface area contributed by atoms with Gasteiger partial charge in [0.1, 0.15) is 5.70 Å². The fraction of sp³-hybridized carbons (Fsp3) is 0.333. The topological polar surface area (TPSA) is 77.1 Å². The Labute approximate surface area is 173 Å². The van der Waals surface area contributed by atoms with Crippen molar-refractivity contribution < 1.29 is 23.8 Å². The van der Waals surface area contributed by atoms with E-state index >= 15 is 0 Å². The number of nitrogens with zero attached hydrogens (tertiary/aromatic N) is 1. The minimum atomic E-state index is -0.373. The lowest BCUT2D eigenvalue weighted by Crippen LogP contribution is -2.35. The molecule has 0 bridgehead atoms. The molecule has 2 aromatic rings. The van der Waals surface area contributed by atoms with Crippen LogP contribution in [0.1, 0.15) is 18.7 Å². The number of rotatable bonds is 10. The first-order valence-electron chi connectivity index (χ1n) is 9.40. The molecule has 0 radical (unpaired) electrons. The fourth-order valence-corrected chi connectivity index (χ4v) is 3.77. The molecular weight excluding hydrogens is 392 g/mol. The van der Waals surface area contributed by atoms with E-state index in [4.69, 9.17) is 14.2 Å². The van der Waals surface area contributed by atoms with Gasteiger partial charge in [-0.25, -0.2) is 0 Å². The Bertz CT molecular complexity index is 908. The van der Waals surface area contributed by atoms with Crippen molar-refractivity contribution in [1.29, 1.82) is 0 Å². The molecule has 154 valence electrons. The summed E-state index contributed by atoms with van der Waals surface area (Å²) in [6, 6.07) is 9.03. The van der Waals surface area contributed by atoms with Crippen LogP contribution in [0.3, 0.4) is 0 Å². The van der Waals surface area contributed by atoms with Gasteiger partial charge in [-0.2, -0.15) is 0 Å². The molecule has 7 nitrogen and oxygen atoms in total. The largest absolute Gasteiger partial charge is 0.490 e. The number of amides is 2. The van der Waals surface area contributed by atoms with Crippen LogP contribution in [0, 0.1) is 0 Å². The SMILES string of the molecule is CCOc1ccc(NC2=C(c3cccs3)C(=O)N(CCOC)C2=O)cc1OCC. The van der Waals surface area contributed by atoms with Crippen LogP contribution in [-0.4, -0.2) is 50.2 Å². The average molecular weight is 416 g/mol. The summed E-state index contributed by atoms with van der Waals surface area (Å²) in [6.45, 7) is 5.26. The number of ether oxygens (including phenoxy) is 3. The van der Waals surface area contributed by atoms with E-state index in [2.05, 4.69) is 5.32 Å². The minimum Gasteiger partial charge on any atom is -0.490 e. The molecule has 0 unspecified atom stereocenters. The maximum absolute atomic E-state index is 13.0. The highest BCUT2D eigenvalue weighted by molar-refractivity contribution is 7.11. The Morgan fingerprint density at radius 1 is 1.03 bits per heavy atom. The van der Waals surface area contributed by atoms with Gasteiger partial charge in [0.05, 0.1) is 31.9 Å². The lowest BCUT2D eigenvalue weighted by Gasteiger charge is -2.15. The summed E-state index contributed by atoms with van der Waals surface area (Å²) in [5, 5.41) is 5.01. The van der Waals surface area contributed by atoms with E-state index in [0.717, 1.165) is 4.88 Å². The van der Waals surface area contributed by atoms with Crippen LogP contribution < -0.4 is 14.8 Å². The maximum Gasteiger partial charge on any atom is 0.278 e. The van der Waals surface area contributed by atoms with Gasteiger partial charge in [0, 0.05) is 23.7 Å². The maximum atomic E-state index is 13.0. The van der Waals surface area contributed by atoms with Crippen molar-refractivity contribution in [3.8, 4) is 11.5 Å². The molecule has 0 spiro atoms. The van der Waals surface area contributed by atoms with Crippen molar-refractivity contribution >= 4 is 34.4 Å². The van der Waals surface area contributed by atoms with Crippen molar-refractivity contribution in [3.63, 3.8) is 0 Å². The van der Waals surface area contributed by atoms with Crippen molar-refractivity contribution in [2.45, 2.75) is 13.8 Å². The van der Waals surface area contributed by atoms with Gasteiger partial charge < -0.3 is 19.5 Å². The van der Waals surface area contributed by atoms with Crippen molar-refractivity contribution in [2.24, 2.45) is 0 Å². The first-order chi connectivity index (χ1) is 14.1. The summed E-state index contributed by atoms with van der Waals surface area (Å²) < 4.78 is 16.3. The Kier molecular flexibility index (Phi) is 6.90. The molecule has 1 N–H and O–H groups in total. The zero-order chi connectivity index (χ0) is 20.8. The predicted molar refractivity (Wildman–Crippen MR) is 112 cm³/mol. The van der Waals surface area contributed by atoms with Crippen molar-refractivity contribution in [3.05, 3.63) is 46.3 Å². The second kappa shape index (κ2) is 9.58. The quantitative estimate of drug-likeness (QED) is 0.599. The Morgan fingerprint density at radius 2 is 1.79 bits per heavy atom. The highest BCUT2D eigenvalue weighted by Crippen LogP contribution is 2.35. The number of nitrogens with one attached hydrogen (secondary N) is 1. The van der Waals surface area contributed by atoms with Gasteiger partial charge in [-0.15, -0.1) is 11.3 Å². The summed E-state index contributed by atoms with van der Waals surface area (Å²) in [5.74, 6) is 0.504. The van der Waals surface area contributed by atoms with Gasteiger partial charge >= 0.3 is 0 Å². The van der Waals surface area contributed by atoms with Gasteiger partial charge in [-0.1, -0.05) is 6.07 Å². The molecule has 0 fully saturated rings. The standard InChI is InChI=1S/C21H24N2O5S/c1-4-27-15-9-8-14(13-16(15)28-5-2)22-19-18(17-7-6-12-29-17)20(24)23(21(19)25)10-11-26-3/h6-9,12-13,22H,4-5,10-11H2,1-3H3. The highest BCUT2D eigenvalue weighted by atomic mass is 32.1. The lowest BCUT2D eigenvalue weighted by atomic mass is 10.2. The summed E-state index contributed by atoms with van der Waals surface area (Å²) in [5.41, 5.74) is 1.25. The van der Waals surface area contributed by atoms with Crippen LogP contribution in [0.5, 0.6) is 11.5 Å². The number of hydrogen-bond donors (Lipinski definition) is 1. The predicted octanol–water partition coefficient (Wildman–Crippen LogP) is 3.38. The van der Waals surface area contributed by atoms with Crippen molar-refractivity contribution in [2.75, 3.05) is 38.8 Å². The van der Waals surface area contributed by atoms with Crippen LogP contribution in [-0.2, 0) is 14.3 Å². The molecule has 3 rings (SSSR count). The van der Waals surface area contributed by atoms with Gasteiger partial charge in [0.2, 0.25) is 0 Å². The smallest absolute Gasteiger partial charge is 0.278 e. The normalized spacial score (nSPS) is 14.0. The zero-order valence-electron chi connectivity index (χ0n) is 16.7. The number of thiophene rings is 1. The van der Waals surface area contributed by atoms with Gasteiger partial charge in [0.15, 0.2) is 11.5 Å². The third-order valence-corrected chi connectivity index (χ3v) is 5.15. The number of benzene rings is 1. The van der Waals surface area contributed by atoms with Crippen molar-refractivity contribution in [1.82, 2.24) is 4.90 Å². The van der Waals surface area contributed by atoms with E-state index in [1.807, 2.05) is 31.4 Å². The molecule has 1 aromatic heterocycles. The number of carbonyl (C=O) groups excluding carboxylic acids is 2.